The number of carbonyl (C=O) groups excluding carboxylic acids is 2. The van der Waals surface area contributed by atoms with Gasteiger partial charge in [0, 0.05) is 22.0 Å². The first kappa shape index (κ1) is 12.6. The van der Waals surface area contributed by atoms with E-state index in [0.29, 0.717) is 18.7 Å². The van der Waals surface area contributed by atoms with E-state index in [1.807, 2.05) is 12.1 Å². The SMILES string of the molecule is O=C1CN(C(=O)c2ccc(Br)cc2Br)CCN1. The van der Waals surface area contributed by atoms with Crippen molar-refractivity contribution in [1.82, 2.24) is 10.2 Å². The van der Waals surface area contributed by atoms with E-state index >= 15 is 0 Å². The van der Waals surface area contributed by atoms with Crippen molar-refractivity contribution >= 4 is 43.7 Å². The van der Waals surface area contributed by atoms with E-state index in [0.717, 1.165) is 8.95 Å². The Morgan fingerprint density at radius 1 is 1.35 bits per heavy atom. The molecule has 0 saturated carbocycles. The molecule has 0 atom stereocenters. The molecular formula is C11H10Br2N2O2. The maximum absolute atomic E-state index is 12.2. The highest BCUT2D eigenvalue weighted by Crippen LogP contribution is 2.23. The van der Waals surface area contributed by atoms with Gasteiger partial charge in [-0.3, -0.25) is 9.59 Å². The van der Waals surface area contributed by atoms with E-state index in [2.05, 4.69) is 37.2 Å². The average molecular weight is 362 g/mol. The third-order valence-electron chi connectivity index (χ3n) is 2.49. The molecule has 1 aromatic carbocycles. The molecule has 1 saturated heterocycles. The molecule has 0 bridgehead atoms. The summed E-state index contributed by atoms with van der Waals surface area (Å²) < 4.78 is 1.63. The number of hydrogen-bond acceptors (Lipinski definition) is 2. The second kappa shape index (κ2) is 5.18. The minimum absolute atomic E-state index is 0.113. The van der Waals surface area contributed by atoms with Crippen LogP contribution in [0.4, 0.5) is 0 Å². The predicted molar refractivity (Wildman–Crippen MR) is 70.8 cm³/mol. The van der Waals surface area contributed by atoms with Crippen molar-refractivity contribution in [3.05, 3.63) is 32.7 Å². The Labute approximate surface area is 116 Å². The standard InChI is InChI=1S/C11H10Br2N2O2/c12-7-1-2-8(9(13)5-7)11(17)15-4-3-14-10(16)6-15/h1-2,5H,3-4,6H2,(H,14,16). The molecule has 1 heterocycles. The summed E-state index contributed by atoms with van der Waals surface area (Å²) in [6, 6.07) is 5.36. The van der Waals surface area contributed by atoms with E-state index in [-0.39, 0.29) is 18.4 Å². The topological polar surface area (TPSA) is 49.4 Å². The highest BCUT2D eigenvalue weighted by molar-refractivity contribution is 9.11. The fourth-order valence-electron chi connectivity index (χ4n) is 1.65. The molecule has 17 heavy (non-hydrogen) atoms. The molecule has 1 aliphatic heterocycles. The van der Waals surface area contributed by atoms with Gasteiger partial charge in [0.15, 0.2) is 0 Å². The molecule has 0 radical (unpaired) electrons. The van der Waals surface area contributed by atoms with Crippen molar-refractivity contribution < 1.29 is 9.59 Å². The quantitative estimate of drug-likeness (QED) is 0.828. The zero-order valence-corrected chi connectivity index (χ0v) is 12.0. The van der Waals surface area contributed by atoms with Gasteiger partial charge in [-0.1, -0.05) is 15.9 Å². The van der Waals surface area contributed by atoms with Gasteiger partial charge in [0.1, 0.15) is 0 Å². The molecule has 6 heteroatoms. The van der Waals surface area contributed by atoms with Crippen LogP contribution >= 0.6 is 31.9 Å². The van der Waals surface area contributed by atoms with Crippen molar-refractivity contribution in [2.75, 3.05) is 19.6 Å². The van der Waals surface area contributed by atoms with Crippen molar-refractivity contribution in [3.63, 3.8) is 0 Å². The van der Waals surface area contributed by atoms with Crippen LogP contribution in [0.25, 0.3) is 0 Å². The number of rotatable bonds is 1. The smallest absolute Gasteiger partial charge is 0.255 e. The maximum atomic E-state index is 12.2. The lowest BCUT2D eigenvalue weighted by molar-refractivity contribution is -0.123. The second-order valence-corrected chi connectivity index (χ2v) is 5.47. The predicted octanol–water partition coefficient (Wildman–Crippen LogP) is 1.78. The van der Waals surface area contributed by atoms with E-state index in [1.165, 1.54) is 0 Å². The Kier molecular flexibility index (Phi) is 3.83. The summed E-state index contributed by atoms with van der Waals surface area (Å²) in [6.07, 6.45) is 0. The van der Waals surface area contributed by atoms with Crippen molar-refractivity contribution in [3.8, 4) is 0 Å². The Hall–Kier alpha value is -0.880. The third kappa shape index (κ3) is 2.87. The van der Waals surface area contributed by atoms with Gasteiger partial charge in [0.25, 0.3) is 5.91 Å². The van der Waals surface area contributed by atoms with Gasteiger partial charge in [0.05, 0.1) is 12.1 Å². The first-order valence-corrected chi connectivity index (χ1v) is 6.67. The van der Waals surface area contributed by atoms with Gasteiger partial charge < -0.3 is 10.2 Å². The molecule has 0 aliphatic carbocycles. The Bertz CT molecular complexity index is 477. The van der Waals surface area contributed by atoms with Crippen LogP contribution in [0, 0.1) is 0 Å². The van der Waals surface area contributed by atoms with Crippen LogP contribution in [0.3, 0.4) is 0 Å². The normalized spacial score (nSPS) is 15.6. The minimum atomic E-state index is -0.126. The minimum Gasteiger partial charge on any atom is -0.353 e. The highest BCUT2D eigenvalue weighted by Gasteiger charge is 2.23. The largest absolute Gasteiger partial charge is 0.353 e. The summed E-state index contributed by atoms with van der Waals surface area (Å²) >= 11 is 6.68. The van der Waals surface area contributed by atoms with Crippen molar-refractivity contribution in [2.24, 2.45) is 0 Å². The molecular weight excluding hydrogens is 352 g/mol. The van der Waals surface area contributed by atoms with Crippen LogP contribution < -0.4 is 5.32 Å². The van der Waals surface area contributed by atoms with E-state index in [9.17, 15) is 9.59 Å². The molecule has 0 aromatic heterocycles. The summed E-state index contributed by atoms with van der Waals surface area (Å²) in [5.74, 6) is -0.239. The van der Waals surface area contributed by atoms with Crippen LogP contribution in [-0.4, -0.2) is 36.3 Å². The molecule has 1 N–H and O–H groups in total. The third-order valence-corrected chi connectivity index (χ3v) is 3.64. The van der Waals surface area contributed by atoms with Gasteiger partial charge in [0.2, 0.25) is 5.91 Å². The number of hydrogen-bond donors (Lipinski definition) is 1. The lowest BCUT2D eigenvalue weighted by atomic mass is 10.2. The van der Waals surface area contributed by atoms with Crippen LogP contribution in [0.2, 0.25) is 0 Å². The molecule has 1 aliphatic rings. The molecule has 0 unspecified atom stereocenters. The number of nitrogens with one attached hydrogen (secondary N) is 1. The Morgan fingerprint density at radius 3 is 2.76 bits per heavy atom. The van der Waals surface area contributed by atoms with Gasteiger partial charge in [-0.05, 0) is 34.1 Å². The number of amides is 2. The zero-order valence-electron chi connectivity index (χ0n) is 8.87. The van der Waals surface area contributed by atoms with E-state index < -0.39 is 0 Å². The van der Waals surface area contributed by atoms with Crippen molar-refractivity contribution in [2.45, 2.75) is 0 Å². The van der Waals surface area contributed by atoms with Crippen LogP contribution in [0.15, 0.2) is 27.1 Å². The summed E-state index contributed by atoms with van der Waals surface area (Å²) in [5, 5.41) is 2.69. The molecule has 90 valence electrons. The number of carbonyl (C=O) groups is 2. The lowest BCUT2D eigenvalue weighted by Crippen LogP contribution is -2.50. The number of piperazine rings is 1. The summed E-state index contributed by atoms with van der Waals surface area (Å²) in [5.41, 5.74) is 0.572. The zero-order chi connectivity index (χ0) is 12.4. The summed E-state index contributed by atoms with van der Waals surface area (Å²) in [7, 11) is 0. The molecule has 0 spiro atoms. The lowest BCUT2D eigenvalue weighted by Gasteiger charge is -2.27. The molecule has 1 fully saturated rings. The monoisotopic (exact) mass is 360 g/mol. The number of benzene rings is 1. The van der Waals surface area contributed by atoms with Gasteiger partial charge >= 0.3 is 0 Å². The van der Waals surface area contributed by atoms with Gasteiger partial charge in [-0.2, -0.15) is 0 Å². The molecule has 4 nitrogen and oxygen atoms in total. The number of halogens is 2. The average Bonchev–Trinajstić information content (AvgIpc) is 2.28. The van der Waals surface area contributed by atoms with Crippen LogP contribution in [-0.2, 0) is 4.79 Å². The Balaban J connectivity index is 2.21. The highest BCUT2D eigenvalue weighted by atomic mass is 79.9. The van der Waals surface area contributed by atoms with Crippen LogP contribution in [0.5, 0.6) is 0 Å². The molecule has 1 aromatic rings. The van der Waals surface area contributed by atoms with E-state index in [4.69, 9.17) is 0 Å². The van der Waals surface area contributed by atoms with Crippen molar-refractivity contribution in [1.29, 1.82) is 0 Å². The van der Waals surface area contributed by atoms with Gasteiger partial charge in [-0.25, -0.2) is 0 Å². The van der Waals surface area contributed by atoms with Crippen LogP contribution in [0.1, 0.15) is 10.4 Å². The second-order valence-electron chi connectivity index (χ2n) is 3.70. The first-order chi connectivity index (χ1) is 8.08. The first-order valence-electron chi connectivity index (χ1n) is 5.09. The maximum Gasteiger partial charge on any atom is 0.255 e. The molecule has 2 amide bonds. The van der Waals surface area contributed by atoms with Gasteiger partial charge in [-0.15, -0.1) is 0 Å². The summed E-state index contributed by atoms with van der Waals surface area (Å²) in [4.78, 5) is 25.0. The molecule has 2 rings (SSSR count). The number of nitrogens with zero attached hydrogens (tertiary/aromatic N) is 1. The van der Waals surface area contributed by atoms with E-state index in [1.54, 1.807) is 11.0 Å². The fraction of sp³-hybridized carbons (Fsp3) is 0.273. The summed E-state index contributed by atoms with van der Waals surface area (Å²) in [6.45, 7) is 1.19. The Morgan fingerprint density at radius 2 is 2.12 bits per heavy atom. The fourth-order valence-corrected chi connectivity index (χ4v) is 2.86.